The number of carboxylic acids is 1. The Morgan fingerprint density at radius 1 is 1.23 bits per heavy atom. The van der Waals surface area contributed by atoms with Gasteiger partial charge in [-0.3, -0.25) is 20.2 Å². The van der Waals surface area contributed by atoms with E-state index in [1.54, 1.807) is 24.3 Å². The normalized spacial score (nSPS) is 16.6. The number of rotatable bonds is 8. The van der Waals surface area contributed by atoms with E-state index in [1.165, 1.54) is 0 Å². The summed E-state index contributed by atoms with van der Waals surface area (Å²) in [6.07, 6.45) is 0.0255. The summed E-state index contributed by atoms with van der Waals surface area (Å²) < 4.78 is 39.2. The molecule has 1 atom stereocenters. The molecule has 0 radical (unpaired) electrons. The zero-order chi connectivity index (χ0) is 21.7. The van der Waals surface area contributed by atoms with Gasteiger partial charge in [-0.15, -0.1) is 0 Å². The van der Waals surface area contributed by atoms with Gasteiger partial charge in [-0.05, 0) is 11.6 Å². The highest BCUT2D eigenvalue weighted by molar-refractivity contribution is 5.75. The van der Waals surface area contributed by atoms with Crippen LogP contribution in [0.15, 0.2) is 42.5 Å². The molecule has 1 fully saturated rings. The minimum absolute atomic E-state index is 0.0128. The van der Waals surface area contributed by atoms with Crippen LogP contribution in [0.25, 0.3) is 0 Å². The van der Waals surface area contributed by atoms with E-state index in [0.29, 0.717) is 6.07 Å². The third-order valence-corrected chi connectivity index (χ3v) is 5.00. The number of nitro benzene ring substituents is 1. The zero-order valence-electron chi connectivity index (χ0n) is 15.8. The number of carboxylic acid groups (broad SMARTS) is 1. The maximum atomic E-state index is 14.5. The standard InChI is InChI=1S/C20H20F2N2O6/c21-14-6-7-15(24(27)28)17(16(14)22)30-20(8-10-29-11-9-20)18(19(25)26)23-12-13-4-2-1-3-5-13/h1-7,18,23H,8-12H2,(H,25,26). The molecule has 2 N–H and O–H groups in total. The van der Waals surface area contributed by atoms with Gasteiger partial charge < -0.3 is 14.6 Å². The number of hydrogen-bond donors (Lipinski definition) is 2. The smallest absolute Gasteiger partial charge is 0.324 e. The van der Waals surface area contributed by atoms with E-state index in [4.69, 9.17) is 9.47 Å². The van der Waals surface area contributed by atoms with Gasteiger partial charge in [0.1, 0.15) is 11.6 Å². The largest absolute Gasteiger partial charge is 0.480 e. The third-order valence-electron chi connectivity index (χ3n) is 5.00. The maximum absolute atomic E-state index is 14.5. The van der Waals surface area contributed by atoms with Crippen molar-refractivity contribution >= 4 is 11.7 Å². The van der Waals surface area contributed by atoms with Crippen molar-refractivity contribution in [3.8, 4) is 5.75 Å². The Morgan fingerprint density at radius 2 is 1.90 bits per heavy atom. The first-order valence-corrected chi connectivity index (χ1v) is 9.23. The molecule has 1 unspecified atom stereocenters. The van der Waals surface area contributed by atoms with Crippen LogP contribution in [-0.2, 0) is 16.1 Å². The van der Waals surface area contributed by atoms with Gasteiger partial charge in [-0.25, -0.2) is 4.39 Å². The second kappa shape index (κ2) is 9.14. The number of benzene rings is 2. The highest BCUT2D eigenvalue weighted by Crippen LogP contribution is 2.39. The van der Waals surface area contributed by atoms with Crippen molar-refractivity contribution < 1.29 is 33.1 Å². The van der Waals surface area contributed by atoms with Crippen LogP contribution in [-0.4, -0.2) is 40.9 Å². The van der Waals surface area contributed by atoms with E-state index in [0.717, 1.165) is 11.6 Å². The predicted molar refractivity (Wildman–Crippen MR) is 101 cm³/mol. The molecular weight excluding hydrogens is 402 g/mol. The highest BCUT2D eigenvalue weighted by Gasteiger charge is 2.48. The summed E-state index contributed by atoms with van der Waals surface area (Å²) in [5.74, 6) is -5.08. The van der Waals surface area contributed by atoms with Crippen LogP contribution in [0.4, 0.5) is 14.5 Å². The molecule has 0 bridgehead atoms. The fourth-order valence-electron chi connectivity index (χ4n) is 3.45. The fourth-order valence-corrected chi connectivity index (χ4v) is 3.45. The molecule has 1 aliphatic rings. The molecule has 160 valence electrons. The molecule has 10 heteroatoms. The molecule has 2 aromatic rings. The number of aliphatic carboxylic acids is 1. The molecule has 1 saturated heterocycles. The van der Waals surface area contributed by atoms with Crippen LogP contribution >= 0.6 is 0 Å². The van der Waals surface area contributed by atoms with E-state index >= 15 is 0 Å². The maximum Gasteiger partial charge on any atom is 0.324 e. The minimum atomic E-state index is -1.59. The molecule has 30 heavy (non-hydrogen) atoms. The summed E-state index contributed by atoms with van der Waals surface area (Å²) in [6, 6.07) is 9.03. The molecule has 0 amide bonds. The molecular formula is C20H20F2N2O6. The number of hydrogen-bond acceptors (Lipinski definition) is 6. The summed E-state index contributed by atoms with van der Waals surface area (Å²) in [4.78, 5) is 22.5. The monoisotopic (exact) mass is 422 g/mol. The topological polar surface area (TPSA) is 111 Å². The lowest BCUT2D eigenvalue weighted by Gasteiger charge is -2.41. The molecule has 1 aliphatic heterocycles. The number of nitrogens with one attached hydrogen (secondary N) is 1. The van der Waals surface area contributed by atoms with E-state index < -0.39 is 45.6 Å². The van der Waals surface area contributed by atoms with Gasteiger partial charge in [-0.1, -0.05) is 30.3 Å². The van der Waals surface area contributed by atoms with Gasteiger partial charge in [0.05, 0.1) is 18.1 Å². The SMILES string of the molecule is O=C(O)C(NCc1ccccc1)C1(Oc2c([N+](=O)[O-])ccc(F)c2F)CCOCC1. The minimum Gasteiger partial charge on any atom is -0.480 e. The molecule has 0 aromatic heterocycles. The van der Waals surface area contributed by atoms with Crippen LogP contribution in [0.2, 0.25) is 0 Å². The van der Waals surface area contributed by atoms with Crippen LogP contribution in [0.3, 0.4) is 0 Å². The fraction of sp³-hybridized carbons (Fsp3) is 0.350. The summed E-state index contributed by atoms with van der Waals surface area (Å²) in [5.41, 5.74) is -1.57. The van der Waals surface area contributed by atoms with Gasteiger partial charge >= 0.3 is 11.7 Å². The van der Waals surface area contributed by atoms with Gasteiger partial charge in [0.25, 0.3) is 0 Å². The van der Waals surface area contributed by atoms with Crippen molar-refractivity contribution in [1.29, 1.82) is 0 Å². The van der Waals surface area contributed by atoms with Crippen molar-refractivity contribution in [1.82, 2.24) is 5.32 Å². The molecule has 0 aliphatic carbocycles. The van der Waals surface area contributed by atoms with Crippen LogP contribution in [0.1, 0.15) is 18.4 Å². The number of nitro groups is 1. The first-order chi connectivity index (χ1) is 14.3. The average Bonchev–Trinajstić information content (AvgIpc) is 2.72. The van der Waals surface area contributed by atoms with Crippen molar-refractivity contribution in [3.63, 3.8) is 0 Å². The Bertz CT molecular complexity index is 919. The lowest BCUT2D eigenvalue weighted by Crippen LogP contribution is -2.61. The number of halogens is 2. The first-order valence-electron chi connectivity index (χ1n) is 9.23. The Morgan fingerprint density at radius 3 is 2.50 bits per heavy atom. The summed E-state index contributed by atoms with van der Waals surface area (Å²) >= 11 is 0. The molecule has 3 rings (SSSR count). The van der Waals surface area contributed by atoms with Crippen LogP contribution < -0.4 is 10.1 Å². The van der Waals surface area contributed by atoms with E-state index in [2.05, 4.69) is 5.32 Å². The van der Waals surface area contributed by atoms with Crippen molar-refractivity contribution in [2.75, 3.05) is 13.2 Å². The van der Waals surface area contributed by atoms with Gasteiger partial charge in [0, 0.05) is 25.5 Å². The number of ether oxygens (including phenoxy) is 2. The van der Waals surface area contributed by atoms with E-state index in [9.17, 15) is 28.8 Å². The van der Waals surface area contributed by atoms with E-state index in [-0.39, 0.29) is 32.6 Å². The Hall–Kier alpha value is -3.11. The van der Waals surface area contributed by atoms with Crippen molar-refractivity contribution in [3.05, 3.63) is 69.8 Å². The summed E-state index contributed by atoms with van der Waals surface area (Å²) in [5, 5.41) is 24.1. The third kappa shape index (κ3) is 4.55. The number of carbonyl (C=O) groups is 1. The van der Waals surface area contributed by atoms with Crippen molar-refractivity contribution in [2.45, 2.75) is 31.0 Å². The zero-order valence-corrected chi connectivity index (χ0v) is 15.8. The van der Waals surface area contributed by atoms with Crippen LogP contribution in [0.5, 0.6) is 5.75 Å². The highest BCUT2D eigenvalue weighted by atomic mass is 19.2. The molecule has 8 nitrogen and oxygen atoms in total. The Balaban J connectivity index is 1.98. The Labute approximate surface area is 170 Å². The second-order valence-corrected chi connectivity index (χ2v) is 6.88. The Kier molecular flexibility index (Phi) is 6.58. The van der Waals surface area contributed by atoms with Gasteiger partial charge in [0.15, 0.2) is 5.82 Å². The second-order valence-electron chi connectivity index (χ2n) is 6.88. The molecule has 2 aromatic carbocycles. The van der Waals surface area contributed by atoms with Gasteiger partial charge in [-0.2, -0.15) is 4.39 Å². The lowest BCUT2D eigenvalue weighted by atomic mass is 9.85. The van der Waals surface area contributed by atoms with Crippen molar-refractivity contribution in [2.24, 2.45) is 0 Å². The summed E-state index contributed by atoms with van der Waals surface area (Å²) in [7, 11) is 0. The number of nitrogens with zero attached hydrogens (tertiary/aromatic N) is 1. The molecule has 1 heterocycles. The predicted octanol–water partition coefficient (Wildman–Crippen LogP) is 3.04. The summed E-state index contributed by atoms with van der Waals surface area (Å²) in [6.45, 7) is 0.362. The van der Waals surface area contributed by atoms with Crippen LogP contribution in [0, 0.1) is 21.7 Å². The average molecular weight is 422 g/mol. The molecule has 0 spiro atoms. The van der Waals surface area contributed by atoms with E-state index in [1.807, 2.05) is 6.07 Å². The quantitative estimate of drug-likeness (QED) is 0.497. The molecule has 0 saturated carbocycles. The van der Waals surface area contributed by atoms with Gasteiger partial charge in [0.2, 0.25) is 11.6 Å². The first kappa shape index (κ1) is 21.6. The lowest BCUT2D eigenvalue weighted by molar-refractivity contribution is -0.386.